The van der Waals surface area contributed by atoms with Crippen molar-refractivity contribution in [3.05, 3.63) is 70.4 Å². The maximum atomic E-state index is 13.4. The highest BCUT2D eigenvalue weighted by molar-refractivity contribution is 8.00. The van der Waals surface area contributed by atoms with Crippen molar-refractivity contribution in [1.29, 1.82) is 5.26 Å². The molecule has 132 valence electrons. The smallest absolute Gasteiger partial charge is 0.273 e. The molecule has 0 unspecified atom stereocenters. The standard InChI is InChI=1S/C21H14N2OS3/c1-25-15-8-9-20-18(12-15)23(17-6-2-3-7-19(17)27-20)21(24)14(13-22)11-16-5-4-10-26-16/h2-12H,1H3/b14-11+. The van der Waals surface area contributed by atoms with Crippen molar-refractivity contribution in [3.8, 4) is 6.07 Å². The highest BCUT2D eigenvalue weighted by Crippen LogP contribution is 2.49. The summed E-state index contributed by atoms with van der Waals surface area (Å²) in [5.41, 5.74) is 1.76. The first-order chi connectivity index (χ1) is 13.2. The van der Waals surface area contributed by atoms with Crippen LogP contribution in [0.25, 0.3) is 6.08 Å². The van der Waals surface area contributed by atoms with Gasteiger partial charge in [0.15, 0.2) is 0 Å². The van der Waals surface area contributed by atoms with Gasteiger partial charge in [-0.15, -0.1) is 23.1 Å². The monoisotopic (exact) mass is 406 g/mol. The average molecular weight is 407 g/mol. The Morgan fingerprint density at radius 1 is 1.11 bits per heavy atom. The molecule has 0 bridgehead atoms. The van der Waals surface area contributed by atoms with Crippen LogP contribution in [0.5, 0.6) is 0 Å². The Labute approximate surface area is 170 Å². The quantitative estimate of drug-likeness (QED) is 0.295. The second kappa shape index (κ2) is 7.65. The van der Waals surface area contributed by atoms with E-state index in [0.717, 1.165) is 30.9 Å². The number of carbonyl (C=O) groups is 1. The van der Waals surface area contributed by atoms with E-state index >= 15 is 0 Å². The highest BCUT2D eigenvalue weighted by atomic mass is 32.2. The number of para-hydroxylation sites is 1. The summed E-state index contributed by atoms with van der Waals surface area (Å²) in [6, 6.07) is 19.8. The van der Waals surface area contributed by atoms with Gasteiger partial charge in [0.2, 0.25) is 0 Å². The molecule has 0 radical (unpaired) electrons. The van der Waals surface area contributed by atoms with E-state index in [1.54, 1.807) is 34.5 Å². The summed E-state index contributed by atoms with van der Waals surface area (Å²) < 4.78 is 0. The molecule has 0 aliphatic carbocycles. The third-order valence-electron chi connectivity index (χ3n) is 4.12. The summed E-state index contributed by atoms with van der Waals surface area (Å²) in [5.74, 6) is -0.307. The molecule has 1 amide bonds. The average Bonchev–Trinajstić information content (AvgIpc) is 3.22. The van der Waals surface area contributed by atoms with Crippen molar-refractivity contribution in [2.24, 2.45) is 0 Å². The Balaban J connectivity index is 1.86. The lowest BCUT2D eigenvalue weighted by molar-refractivity contribution is -0.114. The Kier molecular flexibility index (Phi) is 5.08. The largest absolute Gasteiger partial charge is 0.274 e. The van der Waals surface area contributed by atoms with Crippen LogP contribution in [0, 0.1) is 11.3 Å². The Bertz CT molecular complexity index is 1080. The summed E-state index contributed by atoms with van der Waals surface area (Å²) in [5, 5.41) is 11.6. The highest BCUT2D eigenvalue weighted by Gasteiger charge is 2.30. The summed E-state index contributed by atoms with van der Waals surface area (Å²) in [6.07, 6.45) is 3.67. The first kappa shape index (κ1) is 17.9. The number of carbonyl (C=O) groups excluding carboxylic acids is 1. The Morgan fingerprint density at radius 3 is 2.67 bits per heavy atom. The first-order valence-electron chi connectivity index (χ1n) is 8.16. The van der Waals surface area contributed by atoms with E-state index in [4.69, 9.17) is 0 Å². The number of hydrogen-bond donors (Lipinski definition) is 0. The topological polar surface area (TPSA) is 44.1 Å². The van der Waals surface area contributed by atoms with E-state index in [1.807, 2.05) is 60.2 Å². The molecule has 3 nitrogen and oxygen atoms in total. The van der Waals surface area contributed by atoms with Gasteiger partial charge in [0, 0.05) is 19.6 Å². The Hall–Kier alpha value is -2.46. The minimum absolute atomic E-state index is 0.125. The van der Waals surface area contributed by atoms with Crippen LogP contribution in [0.3, 0.4) is 0 Å². The molecule has 27 heavy (non-hydrogen) atoms. The van der Waals surface area contributed by atoms with Gasteiger partial charge in [0.25, 0.3) is 5.91 Å². The summed E-state index contributed by atoms with van der Waals surface area (Å²) >= 11 is 4.78. The van der Waals surface area contributed by atoms with Gasteiger partial charge in [-0.2, -0.15) is 5.26 Å². The molecular weight excluding hydrogens is 392 g/mol. The van der Waals surface area contributed by atoms with E-state index in [1.165, 1.54) is 11.3 Å². The van der Waals surface area contributed by atoms with Crippen molar-refractivity contribution in [3.63, 3.8) is 0 Å². The van der Waals surface area contributed by atoms with Crippen molar-refractivity contribution >= 4 is 58.2 Å². The summed E-state index contributed by atoms with van der Waals surface area (Å²) in [7, 11) is 0. The van der Waals surface area contributed by atoms with Gasteiger partial charge in [-0.3, -0.25) is 9.69 Å². The van der Waals surface area contributed by atoms with Crippen LogP contribution in [0.1, 0.15) is 4.88 Å². The van der Waals surface area contributed by atoms with E-state index in [9.17, 15) is 10.1 Å². The molecule has 0 saturated heterocycles. The fraction of sp³-hybridized carbons (Fsp3) is 0.0476. The number of nitrogens with zero attached hydrogens (tertiary/aromatic N) is 2. The normalized spacial score (nSPS) is 12.9. The minimum Gasteiger partial charge on any atom is -0.274 e. The zero-order valence-electron chi connectivity index (χ0n) is 14.4. The van der Waals surface area contributed by atoms with Crippen molar-refractivity contribution in [1.82, 2.24) is 0 Å². The van der Waals surface area contributed by atoms with Crippen LogP contribution >= 0.6 is 34.9 Å². The SMILES string of the molecule is CSc1ccc2c(c1)N(C(=O)/C(C#N)=C/c1cccs1)c1ccccc1S2. The zero-order chi connectivity index (χ0) is 18.8. The molecule has 0 spiro atoms. The van der Waals surface area contributed by atoms with Gasteiger partial charge >= 0.3 is 0 Å². The molecule has 6 heteroatoms. The predicted molar refractivity (Wildman–Crippen MR) is 114 cm³/mol. The van der Waals surface area contributed by atoms with Crippen molar-refractivity contribution < 1.29 is 4.79 Å². The van der Waals surface area contributed by atoms with Crippen molar-refractivity contribution in [2.45, 2.75) is 14.7 Å². The molecule has 2 aromatic carbocycles. The Morgan fingerprint density at radius 2 is 1.93 bits per heavy atom. The second-order valence-electron chi connectivity index (χ2n) is 5.73. The van der Waals surface area contributed by atoms with Crippen LogP contribution < -0.4 is 4.90 Å². The lowest BCUT2D eigenvalue weighted by atomic mass is 10.1. The van der Waals surface area contributed by atoms with E-state index in [0.29, 0.717) is 0 Å². The van der Waals surface area contributed by atoms with Crippen LogP contribution in [-0.2, 0) is 4.79 Å². The number of thiophene rings is 1. The van der Waals surface area contributed by atoms with Gasteiger partial charge in [-0.25, -0.2) is 0 Å². The molecule has 0 N–H and O–H groups in total. The number of rotatable bonds is 3. The molecule has 0 atom stereocenters. The molecule has 1 aromatic heterocycles. The third kappa shape index (κ3) is 3.42. The third-order valence-corrected chi connectivity index (χ3v) is 6.79. The van der Waals surface area contributed by atoms with Gasteiger partial charge in [-0.05, 0) is 54.1 Å². The fourth-order valence-corrected chi connectivity index (χ4v) is 4.99. The predicted octanol–water partition coefficient (Wildman–Crippen LogP) is 6.21. The second-order valence-corrected chi connectivity index (χ2v) is 8.67. The van der Waals surface area contributed by atoms with Crippen LogP contribution in [0.15, 0.2) is 80.2 Å². The fourth-order valence-electron chi connectivity index (χ4n) is 2.86. The molecule has 0 saturated carbocycles. The minimum atomic E-state index is -0.307. The zero-order valence-corrected chi connectivity index (χ0v) is 16.8. The molecule has 4 rings (SSSR count). The van der Waals surface area contributed by atoms with E-state index in [2.05, 4.69) is 12.1 Å². The number of fused-ring (bicyclic) bond motifs is 2. The maximum absolute atomic E-state index is 13.4. The first-order valence-corrected chi connectivity index (χ1v) is 11.1. The molecule has 3 aromatic rings. The number of benzene rings is 2. The van der Waals surface area contributed by atoms with E-state index in [-0.39, 0.29) is 11.5 Å². The molecule has 2 heterocycles. The van der Waals surface area contributed by atoms with Crippen LogP contribution in [0.2, 0.25) is 0 Å². The number of hydrogen-bond acceptors (Lipinski definition) is 5. The van der Waals surface area contributed by atoms with E-state index < -0.39 is 0 Å². The van der Waals surface area contributed by atoms with Gasteiger partial charge in [-0.1, -0.05) is 30.0 Å². The number of anilines is 2. The maximum Gasteiger partial charge on any atom is 0.273 e. The molecule has 1 aliphatic rings. The lowest BCUT2D eigenvalue weighted by Gasteiger charge is -2.31. The molecular formula is C21H14N2OS3. The lowest BCUT2D eigenvalue weighted by Crippen LogP contribution is -2.29. The number of thioether (sulfide) groups is 1. The molecule has 0 fully saturated rings. The summed E-state index contributed by atoms with van der Waals surface area (Å²) in [4.78, 5) is 19.0. The molecule has 1 aliphatic heterocycles. The summed E-state index contributed by atoms with van der Waals surface area (Å²) in [6.45, 7) is 0. The van der Waals surface area contributed by atoms with Crippen LogP contribution in [-0.4, -0.2) is 12.2 Å². The number of nitriles is 1. The van der Waals surface area contributed by atoms with Crippen LogP contribution in [0.4, 0.5) is 11.4 Å². The van der Waals surface area contributed by atoms with Gasteiger partial charge in [0.05, 0.1) is 11.4 Å². The van der Waals surface area contributed by atoms with Gasteiger partial charge in [0.1, 0.15) is 11.6 Å². The van der Waals surface area contributed by atoms with Crippen molar-refractivity contribution in [2.75, 3.05) is 11.2 Å². The number of amides is 1. The van der Waals surface area contributed by atoms with Gasteiger partial charge < -0.3 is 0 Å².